The fourth-order valence-corrected chi connectivity index (χ4v) is 3.47. The van der Waals surface area contributed by atoms with Crippen LogP contribution in [-0.2, 0) is 0 Å². The van der Waals surface area contributed by atoms with Crippen LogP contribution in [0.1, 0.15) is 60.4 Å². The smallest absolute Gasteiger partial charge is 0.259 e. The molecule has 0 aromatic carbocycles. The van der Waals surface area contributed by atoms with Gasteiger partial charge >= 0.3 is 0 Å². The molecule has 0 bridgehead atoms. The molecule has 1 saturated carbocycles. The highest BCUT2D eigenvalue weighted by Gasteiger charge is 2.28. The van der Waals surface area contributed by atoms with Crippen molar-refractivity contribution in [2.75, 3.05) is 5.32 Å². The van der Waals surface area contributed by atoms with E-state index in [4.69, 9.17) is 4.52 Å². The number of hydrogen-bond donors (Lipinski definition) is 1. The number of carbonyl (C=O) groups is 1. The van der Waals surface area contributed by atoms with E-state index in [2.05, 4.69) is 39.4 Å². The number of aryl methyl sites for hydroxylation is 1. The normalized spacial score (nSPS) is 14.3. The van der Waals surface area contributed by atoms with E-state index in [9.17, 15) is 4.79 Å². The Bertz CT molecular complexity index is 1220. The number of nitrogens with one attached hydrogen (secondary N) is 1. The lowest BCUT2D eigenvalue weighted by Gasteiger charge is -2.09. The highest BCUT2D eigenvalue weighted by molar-refractivity contribution is 6.12. The standard InChI is InChI=1S/C20H20N6O2/c1-10(2)26-18-13(8-22-26)6-14(9-21-18)23-19(27)15-7-16(12-4-5-12)24-20-17(15)11(3)25-28-20/h6-10,12H,4-5H2,1-3H3,(H,23,27). The highest BCUT2D eigenvalue weighted by atomic mass is 16.5. The number of hydrogen-bond acceptors (Lipinski definition) is 6. The van der Waals surface area contributed by atoms with Gasteiger partial charge in [0.05, 0.1) is 34.7 Å². The number of aromatic nitrogens is 5. The molecule has 5 rings (SSSR count). The van der Waals surface area contributed by atoms with Crippen molar-refractivity contribution >= 4 is 33.7 Å². The molecule has 0 unspecified atom stereocenters. The van der Waals surface area contributed by atoms with Crippen molar-refractivity contribution in [2.45, 2.75) is 45.6 Å². The first kappa shape index (κ1) is 16.9. The van der Waals surface area contributed by atoms with E-state index in [0.29, 0.717) is 34.0 Å². The van der Waals surface area contributed by atoms with Crippen LogP contribution in [0.4, 0.5) is 5.69 Å². The quantitative estimate of drug-likeness (QED) is 0.578. The minimum absolute atomic E-state index is 0.216. The third-order valence-corrected chi connectivity index (χ3v) is 5.06. The Labute approximate surface area is 160 Å². The first-order valence-electron chi connectivity index (χ1n) is 9.43. The molecule has 1 amide bonds. The van der Waals surface area contributed by atoms with E-state index >= 15 is 0 Å². The van der Waals surface area contributed by atoms with Crippen LogP contribution in [-0.4, -0.2) is 30.8 Å². The fourth-order valence-electron chi connectivity index (χ4n) is 3.47. The zero-order valence-electron chi connectivity index (χ0n) is 15.9. The van der Waals surface area contributed by atoms with Crippen LogP contribution in [0.5, 0.6) is 0 Å². The summed E-state index contributed by atoms with van der Waals surface area (Å²) in [5.74, 6) is 0.180. The molecule has 4 aromatic rings. The maximum absolute atomic E-state index is 13.1. The highest BCUT2D eigenvalue weighted by Crippen LogP contribution is 2.40. The van der Waals surface area contributed by atoms with Gasteiger partial charge in [0.15, 0.2) is 5.65 Å². The second-order valence-electron chi connectivity index (χ2n) is 7.59. The molecule has 1 aliphatic rings. The van der Waals surface area contributed by atoms with E-state index in [1.54, 1.807) is 12.4 Å². The lowest BCUT2D eigenvalue weighted by Crippen LogP contribution is -2.14. The number of rotatable bonds is 4. The lowest BCUT2D eigenvalue weighted by atomic mass is 10.1. The number of amides is 1. The maximum atomic E-state index is 13.1. The molecule has 0 atom stereocenters. The Morgan fingerprint density at radius 3 is 2.86 bits per heavy atom. The Morgan fingerprint density at radius 1 is 1.29 bits per heavy atom. The SMILES string of the molecule is Cc1noc2nc(C3CC3)cc(C(=O)Nc3cnc4c(cnn4C(C)C)c3)c12. The average Bonchev–Trinajstić information content (AvgIpc) is 3.34. The maximum Gasteiger partial charge on any atom is 0.259 e. The van der Waals surface area contributed by atoms with Gasteiger partial charge in [-0.05, 0) is 45.7 Å². The summed E-state index contributed by atoms with van der Waals surface area (Å²) in [7, 11) is 0. The molecule has 8 nitrogen and oxygen atoms in total. The molecule has 4 aromatic heterocycles. The molecule has 142 valence electrons. The van der Waals surface area contributed by atoms with Gasteiger partial charge in [-0.3, -0.25) is 4.79 Å². The van der Waals surface area contributed by atoms with E-state index in [0.717, 1.165) is 29.6 Å². The second kappa shape index (κ2) is 6.12. The molecular formula is C20H20N6O2. The average molecular weight is 376 g/mol. The molecule has 1 aliphatic carbocycles. The van der Waals surface area contributed by atoms with Crippen molar-refractivity contribution in [3.8, 4) is 0 Å². The summed E-state index contributed by atoms with van der Waals surface area (Å²) in [6.07, 6.45) is 5.60. The van der Waals surface area contributed by atoms with Gasteiger partial charge in [-0.25, -0.2) is 14.6 Å². The topological polar surface area (TPSA) is 98.7 Å². The zero-order valence-corrected chi connectivity index (χ0v) is 15.9. The van der Waals surface area contributed by atoms with Crippen molar-refractivity contribution in [1.29, 1.82) is 0 Å². The Morgan fingerprint density at radius 2 is 2.11 bits per heavy atom. The minimum Gasteiger partial charge on any atom is -0.336 e. The van der Waals surface area contributed by atoms with E-state index in [1.165, 1.54) is 0 Å². The van der Waals surface area contributed by atoms with Crippen molar-refractivity contribution in [2.24, 2.45) is 0 Å². The van der Waals surface area contributed by atoms with Crippen molar-refractivity contribution in [3.63, 3.8) is 0 Å². The van der Waals surface area contributed by atoms with Gasteiger partial charge in [0.1, 0.15) is 0 Å². The minimum atomic E-state index is -0.224. The number of nitrogens with zero attached hydrogens (tertiary/aromatic N) is 5. The fraction of sp³-hybridized carbons (Fsp3) is 0.350. The van der Waals surface area contributed by atoms with E-state index in [-0.39, 0.29) is 11.9 Å². The van der Waals surface area contributed by atoms with Crippen LogP contribution in [0, 0.1) is 6.92 Å². The van der Waals surface area contributed by atoms with Crippen LogP contribution in [0.2, 0.25) is 0 Å². The third-order valence-electron chi connectivity index (χ3n) is 5.06. The molecule has 1 N–H and O–H groups in total. The summed E-state index contributed by atoms with van der Waals surface area (Å²) in [5, 5.41) is 12.8. The van der Waals surface area contributed by atoms with Gasteiger partial charge in [0.2, 0.25) is 0 Å². The van der Waals surface area contributed by atoms with Crippen molar-refractivity contribution in [1.82, 2.24) is 24.9 Å². The lowest BCUT2D eigenvalue weighted by molar-refractivity contribution is 0.102. The first-order valence-corrected chi connectivity index (χ1v) is 9.43. The number of anilines is 1. The Hall–Kier alpha value is -3.29. The molecule has 0 aliphatic heterocycles. The van der Waals surface area contributed by atoms with Crippen LogP contribution in [0.25, 0.3) is 22.1 Å². The van der Waals surface area contributed by atoms with Crippen molar-refractivity contribution in [3.05, 3.63) is 41.5 Å². The molecule has 0 saturated heterocycles. The van der Waals surface area contributed by atoms with E-state index in [1.807, 2.05) is 23.7 Å². The molecule has 0 spiro atoms. The summed E-state index contributed by atoms with van der Waals surface area (Å²) >= 11 is 0. The van der Waals surface area contributed by atoms with Crippen LogP contribution in [0.3, 0.4) is 0 Å². The summed E-state index contributed by atoms with van der Waals surface area (Å²) in [6, 6.07) is 3.96. The summed E-state index contributed by atoms with van der Waals surface area (Å²) in [6.45, 7) is 5.92. The Kier molecular flexibility index (Phi) is 3.68. The van der Waals surface area contributed by atoms with Gasteiger partial charge < -0.3 is 9.84 Å². The number of fused-ring (bicyclic) bond motifs is 2. The largest absolute Gasteiger partial charge is 0.336 e. The second-order valence-corrected chi connectivity index (χ2v) is 7.59. The summed E-state index contributed by atoms with van der Waals surface area (Å²) < 4.78 is 7.18. The van der Waals surface area contributed by atoms with Gasteiger partial charge in [-0.2, -0.15) is 5.10 Å². The summed E-state index contributed by atoms with van der Waals surface area (Å²) in [4.78, 5) is 22.1. The molecule has 28 heavy (non-hydrogen) atoms. The Balaban J connectivity index is 1.51. The van der Waals surface area contributed by atoms with Crippen LogP contribution in [0.15, 0.2) is 29.0 Å². The zero-order chi connectivity index (χ0) is 19.4. The third kappa shape index (κ3) is 2.72. The number of pyridine rings is 2. The predicted molar refractivity (Wildman–Crippen MR) is 104 cm³/mol. The van der Waals surface area contributed by atoms with Gasteiger partial charge in [0.25, 0.3) is 11.6 Å². The van der Waals surface area contributed by atoms with Gasteiger partial charge in [-0.1, -0.05) is 5.16 Å². The summed E-state index contributed by atoms with van der Waals surface area (Å²) in [5.41, 5.74) is 3.91. The predicted octanol–water partition coefficient (Wildman–Crippen LogP) is 3.99. The molecule has 4 heterocycles. The van der Waals surface area contributed by atoms with E-state index < -0.39 is 0 Å². The van der Waals surface area contributed by atoms with Crippen LogP contribution < -0.4 is 5.32 Å². The monoisotopic (exact) mass is 376 g/mol. The molecule has 1 fully saturated rings. The van der Waals surface area contributed by atoms with Crippen LogP contribution >= 0.6 is 0 Å². The van der Waals surface area contributed by atoms with Gasteiger partial charge in [0, 0.05) is 23.0 Å². The first-order chi connectivity index (χ1) is 13.5. The van der Waals surface area contributed by atoms with Gasteiger partial charge in [-0.15, -0.1) is 0 Å². The molecular weight excluding hydrogens is 356 g/mol. The number of carbonyl (C=O) groups excluding carboxylic acids is 1. The molecule has 0 radical (unpaired) electrons. The van der Waals surface area contributed by atoms with Crippen molar-refractivity contribution < 1.29 is 9.32 Å². The molecule has 8 heteroatoms.